The van der Waals surface area contributed by atoms with E-state index in [0.29, 0.717) is 12.2 Å². The van der Waals surface area contributed by atoms with Gasteiger partial charge in [-0.2, -0.15) is 0 Å². The van der Waals surface area contributed by atoms with Gasteiger partial charge in [0.15, 0.2) is 0 Å². The number of hydrogen-bond donors (Lipinski definition) is 1. The molecule has 0 spiro atoms. The van der Waals surface area contributed by atoms with Crippen LogP contribution in [0.2, 0.25) is 0 Å². The van der Waals surface area contributed by atoms with Gasteiger partial charge in [-0.05, 0) is 0 Å². The average Bonchev–Trinajstić information content (AvgIpc) is 3.12. The van der Waals surface area contributed by atoms with Gasteiger partial charge in [-0.1, -0.05) is 0 Å². The molecule has 0 saturated carbocycles. The summed E-state index contributed by atoms with van der Waals surface area (Å²) >= 11 is 0. The van der Waals surface area contributed by atoms with E-state index >= 15 is 0 Å². The van der Waals surface area contributed by atoms with Crippen molar-refractivity contribution in [3.05, 3.63) is 71.2 Å². The molecule has 5 heteroatoms. The van der Waals surface area contributed by atoms with Gasteiger partial charge in [0.05, 0.1) is 0 Å². The van der Waals surface area contributed by atoms with Crippen molar-refractivity contribution in [2.75, 3.05) is 6.61 Å². The molecule has 2 heterocycles. The average molecular weight is 345 g/mol. The zero-order chi connectivity index (χ0) is 18.5. The van der Waals surface area contributed by atoms with Crippen LogP contribution in [0.25, 0.3) is 11.1 Å². The van der Waals surface area contributed by atoms with Gasteiger partial charge in [0.1, 0.15) is 0 Å². The number of carbonyl (C=O) groups excluding carboxylic acids is 2. The second-order valence-electron chi connectivity index (χ2n) is 6.12. The molecule has 0 aliphatic carbocycles. The number of rotatable bonds is 5. The van der Waals surface area contributed by atoms with Gasteiger partial charge in [-0.25, -0.2) is 0 Å². The van der Waals surface area contributed by atoms with E-state index in [1.165, 1.54) is 12.5 Å². The number of Topliss-reactive ketones (excluding diaryl/α,β-unsaturated/α-hetero) is 1. The Morgan fingerprint density at radius 2 is 2.04 bits per heavy atom. The van der Waals surface area contributed by atoms with Gasteiger partial charge < -0.3 is 0 Å². The molecule has 0 atom stereocenters. The third kappa shape index (κ3) is 3.99. The van der Waals surface area contributed by atoms with Crippen molar-refractivity contribution < 1.29 is 14.3 Å². The number of ketones is 1. The fourth-order valence-corrected chi connectivity index (χ4v) is 2.84. The molecule has 1 aliphatic heterocycles. The molecule has 0 bridgehead atoms. The van der Waals surface area contributed by atoms with Crippen LogP contribution in [0.15, 0.2) is 60.1 Å². The number of fused-ring (bicyclic) bond motifs is 1. The van der Waals surface area contributed by atoms with Gasteiger partial charge in [0.25, 0.3) is 0 Å². The van der Waals surface area contributed by atoms with Gasteiger partial charge in [-0.15, -0.1) is 0 Å². The Morgan fingerprint density at radius 3 is 2.81 bits per heavy atom. The van der Waals surface area contributed by atoms with Gasteiger partial charge in [0.2, 0.25) is 0 Å². The van der Waals surface area contributed by atoms with Crippen molar-refractivity contribution in [3.8, 4) is 16.9 Å². The van der Waals surface area contributed by atoms with Crippen molar-refractivity contribution in [2.45, 2.75) is 20.3 Å². The summed E-state index contributed by atoms with van der Waals surface area (Å²) in [6, 6.07) is 7.90. The summed E-state index contributed by atoms with van der Waals surface area (Å²) < 4.78 is 5.54. The van der Waals surface area contributed by atoms with E-state index in [-0.39, 0.29) is 17.4 Å². The van der Waals surface area contributed by atoms with Gasteiger partial charge in [0, 0.05) is 0 Å². The summed E-state index contributed by atoms with van der Waals surface area (Å²) in [7, 11) is 0. The molecular formula is C21H20BNO3. The van der Waals surface area contributed by atoms with E-state index in [2.05, 4.69) is 11.4 Å². The van der Waals surface area contributed by atoms with Crippen molar-refractivity contribution in [3.63, 3.8) is 0 Å². The minimum absolute atomic E-state index is 0.189. The van der Waals surface area contributed by atoms with E-state index in [9.17, 15) is 9.59 Å². The van der Waals surface area contributed by atoms with Crippen LogP contribution in [0, 0.1) is 0 Å². The summed E-state index contributed by atoms with van der Waals surface area (Å²) in [6.45, 7) is 5.84. The first-order valence-electron chi connectivity index (χ1n) is 8.60. The van der Waals surface area contributed by atoms with E-state index in [4.69, 9.17) is 4.74 Å². The molecule has 4 nitrogen and oxygen atoms in total. The number of ether oxygens (including phenoxy) is 1. The maximum atomic E-state index is 12.5. The fraction of sp³-hybridized carbons (Fsp3) is 0.190. The fourth-order valence-electron chi connectivity index (χ4n) is 2.84. The maximum absolute atomic E-state index is 12.5. The summed E-state index contributed by atoms with van der Waals surface area (Å²) in [5.74, 6) is 4.15. The number of carbonyl (C=O) groups is 2. The van der Waals surface area contributed by atoms with E-state index in [1.807, 2.05) is 38.0 Å². The van der Waals surface area contributed by atoms with Crippen LogP contribution in [0.5, 0.6) is 5.75 Å². The van der Waals surface area contributed by atoms with Crippen molar-refractivity contribution in [1.29, 1.82) is 0 Å². The molecule has 1 amide bonds. The summed E-state index contributed by atoms with van der Waals surface area (Å²) in [4.78, 5) is 24.2. The molecular weight excluding hydrogens is 325 g/mol. The molecule has 1 N–H and O–H groups in total. The van der Waals surface area contributed by atoms with Crippen molar-refractivity contribution >= 4 is 18.6 Å². The van der Waals surface area contributed by atoms with Gasteiger partial charge >= 0.3 is 153 Å². The molecule has 0 unspecified atom stereocenters. The monoisotopic (exact) mass is 345 g/mol. The van der Waals surface area contributed by atoms with Crippen LogP contribution in [0.1, 0.15) is 29.8 Å². The third-order valence-electron chi connectivity index (χ3n) is 4.23. The molecule has 3 rings (SSSR count). The standard InChI is InChI=1S/C21H20BNO3/c1-3-4-5-19(14(2)24)23-21(25)18-11-17(12-22-13-18)15-6-7-20-16(10-15)8-9-26-20/h3-7,10-13H,8-9H2,1-2H3,(H,23,25)/b4-3-,19-5+. The second kappa shape index (κ2) is 7.96. The van der Waals surface area contributed by atoms with E-state index in [0.717, 1.165) is 23.3 Å². The minimum atomic E-state index is -0.303. The molecule has 26 heavy (non-hydrogen) atoms. The molecule has 0 saturated heterocycles. The molecule has 130 valence electrons. The van der Waals surface area contributed by atoms with E-state index < -0.39 is 0 Å². The zero-order valence-corrected chi connectivity index (χ0v) is 14.9. The van der Waals surface area contributed by atoms with Crippen LogP contribution >= 0.6 is 0 Å². The number of nitrogens with one attached hydrogen (secondary N) is 1. The normalized spacial score (nSPS) is 13.2. The van der Waals surface area contributed by atoms with E-state index in [1.54, 1.807) is 24.2 Å². The van der Waals surface area contributed by atoms with Crippen LogP contribution in [0.4, 0.5) is 0 Å². The first-order valence-corrected chi connectivity index (χ1v) is 8.60. The Labute approximate surface area is 153 Å². The summed E-state index contributed by atoms with van der Waals surface area (Å²) in [6.07, 6.45) is 6.03. The number of benzene rings is 1. The number of hydrogen-bond acceptors (Lipinski definition) is 3. The molecule has 1 aliphatic rings. The van der Waals surface area contributed by atoms with Crippen LogP contribution in [-0.4, -0.2) is 25.2 Å². The second-order valence-corrected chi connectivity index (χ2v) is 6.12. The quantitative estimate of drug-likeness (QED) is 0.667. The Kier molecular flexibility index (Phi) is 5.47. The Balaban J connectivity index is 1.85. The third-order valence-corrected chi connectivity index (χ3v) is 4.23. The Bertz CT molecular complexity index is 915. The molecule has 2 aromatic rings. The number of amides is 1. The Morgan fingerprint density at radius 1 is 1.19 bits per heavy atom. The summed E-state index contributed by atoms with van der Waals surface area (Å²) in [5, 5.41) is 2.69. The Hall–Kier alpha value is -2.95. The molecule has 1 aromatic heterocycles. The first-order chi connectivity index (χ1) is 12.6. The molecule has 0 radical (unpaired) electrons. The number of allylic oxidation sites excluding steroid dienone is 4. The summed E-state index contributed by atoms with van der Waals surface area (Å²) in [5.41, 5.74) is 3.96. The van der Waals surface area contributed by atoms with Gasteiger partial charge in [-0.3, -0.25) is 0 Å². The molecule has 0 fully saturated rings. The predicted octanol–water partition coefficient (Wildman–Crippen LogP) is 3.41. The van der Waals surface area contributed by atoms with Crippen LogP contribution in [-0.2, 0) is 11.2 Å². The predicted molar refractivity (Wildman–Crippen MR) is 103 cm³/mol. The van der Waals surface area contributed by atoms with Crippen molar-refractivity contribution in [2.24, 2.45) is 0 Å². The van der Waals surface area contributed by atoms with Crippen LogP contribution in [0.3, 0.4) is 0 Å². The first kappa shape index (κ1) is 17.9. The van der Waals surface area contributed by atoms with Crippen molar-refractivity contribution in [1.82, 2.24) is 5.32 Å². The zero-order valence-electron chi connectivity index (χ0n) is 14.9. The molecule has 1 aromatic carbocycles. The topological polar surface area (TPSA) is 55.4 Å². The van der Waals surface area contributed by atoms with Crippen LogP contribution < -0.4 is 10.1 Å². The SMILES string of the molecule is C/C=C\C=C(\NC(=O)c1cbcc(-c2ccc3c(c2)CCO3)c1)C(C)=O.